The van der Waals surface area contributed by atoms with Crippen molar-refractivity contribution >= 4 is 39.4 Å². The lowest BCUT2D eigenvalue weighted by Crippen LogP contribution is -2.55. The average Bonchev–Trinajstić information content (AvgIpc) is 4.05. The van der Waals surface area contributed by atoms with Crippen molar-refractivity contribution in [1.29, 1.82) is 0 Å². The van der Waals surface area contributed by atoms with Crippen LogP contribution in [0.15, 0.2) is 40.7 Å². The first-order chi connectivity index (χ1) is 30.4. The van der Waals surface area contributed by atoms with Gasteiger partial charge in [0.2, 0.25) is 5.91 Å². The van der Waals surface area contributed by atoms with E-state index in [1.165, 1.54) is 45.4 Å². The summed E-state index contributed by atoms with van der Waals surface area (Å²) in [6.45, 7) is 3.34. The van der Waals surface area contributed by atoms with Crippen molar-refractivity contribution in [2.24, 2.45) is 33.2 Å². The second-order valence-corrected chi connectivity index (χ2v) is 23.1. The van der Waals surface area contributed by atoms with E-state index in [4.69, 9.17) is 25.9 Å². The molecule has 0 aromatic heterocycles. The second-order valence-electron chi connectivity index (χ2n) is 20.4. The summed E-state index contributed by atoms with van der Waals surface area (Å²) in [4.78, 5) is 33.6. The number of aliphatic hydroxyl groups excluding tert-OH is 1. The van der Waals surface area contributed by atoms with Crippen molar-refractivity contribution in [1.82, 2.24) is 15.5 Å². The highest BCUT2D eigenvalue weighted by Crippen LogP contribution is 2.63. The number of carbonyl (C=O) groups is 2. The van der Waals surface area contributed by atoms with Crippen LogP contribution < -0.4 is 26.8 Å². The van der Waals surface area contributed by atoms with Crippen molar-refractivity contribution in [3.05, 3.63) is 46.8 Å². The number of hydrogen-bond donors (Lipinski definition) is 6. The van der Waals surface area contributed by atoms with E-state index in [9.17, 15) is 19.8 Å². The van der Waals surface area contributed by atoms with Gasteiger partial charge in [-0.2, -0.15) is 0 Å². The monoisotopic (exact) mass is 907 g/mol. The number of esters is 1. The molecule has 4 saturated carbocycles. The summed E-state index contributed by atoms with van der Waals surface area (Å²) in [5, 5.41) is 30.5. The molecule has 12 nitrogen and oxygen atoms in total. The van der Waals surface area contributed by atoms with Crippen molar-refractivity contribution in [2.45, 2.75) is 184 Å². The molecule has 9 rings (SSSR count). The number of dihydropyridines is 1. The molecule has 1 amide bonds. The van der Waals surface area contributed by atoms with Gasteiger partial charge >= 0.3 is 5.97 Å². The lowest BCUT2D eigenvalue weighted by Gasteiger charge is -2.44. The van der Waals surface area contributed by atoms with Gasteiger partial charge in [0.25, 0.3) is 0 Å². The molecule has 0 unspecified atom stereocenters. The Morgan fingerprint density at radius 1 is 0.968 bits per heavy atom. The molecule has 6 bridgehead atoms. The van der Waals surface area contributed by atoms with Gasteiger partial charge in [-0.3, -0.25) is 14.6 Å². The minimum Gasteiger partial charge on any atom is -0.504 e. The number of fused-ring (bicyclic) bond motifs is 12. The zero-order valence-electron chi connectivity index (χ0n) is 37.7. The van der Waals surface area contributed by atoms with E-state index in [1.54, 1.807) is 0 Å². The molecule has 1 saturated heterocycles. The summed E-state index contributed by atoms with van der Waals surface area (Å²) in [5.74, 6) is 2.60. The number of guanidine groups is 1. The number of phenols is 1. The van der Waals surface area contributed by atoms with Gasteiger partial charge in [-0.1, -0.05) is 59.4 Å². The molecule has 8 aliphatic rings. The lowest BCUT2D eigenvalue weighted by atomic mass is 9.72. The lowest BCUT2D eigenvalue weighted by molar-refractivity contribution is -0.168. The van der Waals surface area contributed by atoms with E-state index in [0.717, 1.165) is 81.1 Å². The summed E-state index contributed by atoms with van der Waals surface area (Å²) >= 11 is 0. The molecule has 5 atom stereocenters. The molecule has 4 aliphatic heterocycles. The van der Waals surface area contributed by atoms with E-state index in [1.807, 2.05) is 44.7 Å². The number of aliphatic hydroxyl groups is 1. The highest BCUT2D eigenvalue weighted by atomic mass is 33.1. The van der Waals surface area contributed by atoms with Crippen molar-refractivity contribution in [3.63, 3.8) is 0 Å². The van der Waals surface area contributed by atoms with Crippen LogP contribution in [0.1, 0.15) is 159 Å². The van der Waals surface area contributed by atoms with E-state index in [2.05, 4.69) is 16.7 Å². The molecule has 63 heavy (non-hydrogen) atoms. The van der Waals surface area contributed by atoms with Crippen LogP contribution in [0.3, 0.4) is 0 Å². The number of amides is 1. The van der Waals surface area contributed by atoms with Gasteiger partial charge in [0.1, 0.15) is 10.5 Å². The Bertz CT molecular complexity index is 1890. The Hall–Kier alpha value is -3.23. The fourth-order valence-corrected chi connectivity index (χ4v) is 16.1. The van der Waals surface area contributed by atoms with Gasteiger partial charge in [0.05, 0.1) is 18.0 Å². The number of ether oxygens (including phenoxy) is 2. The van der Waals surface area contributed by atoms with Gasteiger partial charge in [-0.05, 0) is 138 Å². The Balaban J connectivity index is 1.10. The summed E-state index contributed by atoms with van der Waals surface area (Å²) in [6, 6.07) is 3.93. The van der Waals surface area contributed by atoms with Crippen molar-refractivity contribution in [3.8, 4) is 11.5 Å². The smallest absolute Gasteiger partial charge is 0.303 e. The highest BCUT2D eigenvalue weighted by molar-refractivity contribution is 8.77. The van der Waals surface area contributed by atoms with Gasteiger partial charge in [-0.25, -0.2) is 0 Å². The fourth-order valence-electron chi connectivity index (χ4n) is 12.6. The number of rotatable bonds is 5. The Kier molecular flexibility index (Phi) is 14.8. The van der Waals surface area contributed by atoms with E-state index in [0.29, 0.717) is 87.7 Å². The Morgan fingerprint density at radius 3 is 2.54 bits per heavy atom. The predicted molar refractivity (Wildman–Crippen MR) is 253 cm³/mol. The molecule has 1 aromatic rings. The molecule has 4 heterocycles. The first-order valence-corrected chi connectivity index (χ1v) is 26.7. The molecular weight excluding hydrogens is 833 g/mol. The van der Waals surface area contributed by atoms with Crippen LogP contribution >= 0.6 is 21.6 Å². The summed E-state index contributed by atoms with van der Waals surface area (Å²) < 4.78 is 12.7. The summed E-state index contributed by atoms with van der Waals surface area (Å²) in [7, 11) is 3.97. The molecular formula is C49H74N6O6S2. The molecule has 4 aliphatic carbocycles. The number of aliphatic imine (C=N–C) groups is 1. The molecule has 2 spiro atoms. The molecule has 1 aromatic carbocycles. The van der Waals surface area contributed by atoms with Crippen LogP contribution in [-0.4, -0.2) is 81.0 Å². The molecule has 0 radical (unpaired) electrons. The number of carbonyl (C=O) groups excluding carboxylic acids is 2. The molecule has 8 N–H and O–H groups in total. The zero-order valence-corrected chi connectivity index (χ0v) is 39.4. The maximum atomic E-state index is 14.3. The quantitative estimate of drug-likeness (QED) is 0.123. The fraction of sp³-hybridized carbons (Fsp3) is 0.735. The number of phenolic OH excluding ortho intramolecular Hbond substituents is 1. The maximum Gasteiger partial charge on any atom is 0.303 e. The normalized spacial score (nSPS) is 32.5. The van der Waals surface area contributed by atoms with Gasteiger partial charge in [-0.15, -0.1) is 0 Å². The van der Waals surface area contributed by atoms with Crippen LogP contribution in [0.4, 0.5) is 0 Å². The number of nitrogens with one attached hydrogen (secondary N) is 2. The topological polar surface area (TPSA) is 185 Å². The first kappa shape index (κ1) is 46.3. The van der Waals surface area contributed by atoms with Crippen molar-refractivity contribution < 1.29 is 29.3 Å². The minimum absolute atomic E-state index is 0.0257. The van der Waals surface area contributed by atoms with E-state index >= 15 is 0 Å². The first-order valence-electron chi connectivity index (χ1n) is 24.3. The third-order valence-electron chi connectivity index (χ3n) is 15.9. The number of nitrogens with zero attached hydrogens (tertiary/aromatic N) is 2. The maximum absolute atomic E-state index is 14.3. The van der Waals surface area contributed by atoms with Crippen LogP contribution in [0.2, 0.25) is 0 Å². The third-order valence-corrected chi connectivity index (χ3v) is 19.2. The second kappa shape index (κ2) is 20.1. The SMILES string of the molecule is CC(=O)O[C@@]12CCc3cc(c(O)c(OC4CCCC4)c3)CN3C[C@](CC4=CCNC(N)=C4)(CCN=C(N)N[C@]4(CCCC45CCCC5)SSCCCCC[C@H](CC1)[C@H](O)C2)CC3=O. The van der Waals surface area contributed by atoms with E-state index < -0.39 is 17.1 Å². The zero-order chi connectivity index (χ0) is 44.1. The number of aryl methyl sites for hydroxylation is 1. The van der Waals surface area contributed by atoms with Gasteiger partial charge in [0, 0.05) is 68.1 Å². The predicted octanol–water partition coefficient (Wildman–Crippen LogP) is 8.24. The van der Waals surface area contributed by atoms with Crippen LogP contribution in [0.5, 0.6) is 11.5 Å². The Morgan fingerprint density at radius 2 is 1.76 bits per heavy atom. The molecule has 14 heteroatoms. The molecule has 5 fully saturated rings. The van der Waals surface area contributed by atoms with Crippen molar-refractivity contribution in [2.75, 3.05) is 25.4 Å². The third kappa shape index (κ3) is 10.9. The number of hydrogen-bond acceptors (Lipinski definition) is 13. The van der Waals surface area contributed by atoms with Crippen LogP contribution in [0.25, 0.3) is 0 Å². The summed E-state index contributed by atoms with van der Waals surface area (Å²) in [5.41, 5.74) is 14.9. The van der Waals surface area contributed by atoms with Crippen LogP contribution in [-0.2, 0) is 27.3 Å². The summed E-state index contributed by atoms with van der Waals surface area (Å²) in [6.07, 6.45) is 25.1. The minimum atomic E-state index is -0.774. The standard InChI is InChI=1S/C49H74N6O6S2/c1-34(56)61-48-20-13-35-26-38(44(59)41(27-35)60-39-11-4-5-12-39)32-55-33-46(31-43(55)58,29-36-15-23-52-42(50)28-36)22-24-53-45(51)54-49(19-9-18-47(49)16-6-7-17-47)63-62-25-8-2-3-10-37(14-21-48)40(57)30-48/h15,26-28,37,39-40,52,57,59H,2-14,16-25,29-33,50H2,1H3,(H3,51,53,54)/t37-,40-,46+,48+,49-/m1/s1. The number of aromatic hydroxyl groups is 1. The van der Waals surface area contributed by atoms with Gasteiger partial charge in [0.15, 0.2) is 17.5 Å². The average molecular weight is 907 g/mol. The number of allylic oxidation sites excluding steroid dienone is 2. The van der Waals surface area contributed by atoms with E-state index in [-0.39, 0.29) is 46.5 Å². The highest BCUT2D eigenvalue weighted by Gasteiger charge is 2.57. The largest absolute Gasteiger partial charge is 0.504 e. The number of nitrogens with two attached hydrogens (primary N) is 2. The Labute approximate surface area is 383 Å². The number of benzene rings is 1. The molecule has 348 valence electrons. The van der Waals surface area contributed by atoms with Crippen LogP contribution in [0, 0.1) is 16.7 Å². The van der Waals surface area contributed by atoms with Gasteiger partial charge < -0.3 is 46.7 Å².